The third-order valence-electron chi connectivity index (χ3n) is 5.40. The Morgan fingerprint density at radius 2 is 1.88 bits per heavy atom. The normalized spacial score (nSPS) is 23.7. The SMILES string of the molecule is O=C(Nc1cccc(C(=O)N2CCC(N3CCNCC3)C2)c1)NC1CC1. The van der Waals surface area contributed by atoms with Crippen LogP contribution in [0.5, 0.6) is 0 Å². The van der Waals surface area contributed by atoms with Crippen LogP contribution in [0.2, 0.25) is 0 Å². The molecule has 0 aromatic heterocycles. The van der Waals surface area contributed by atoms with Crippen molar-refractivity contribution in [3.05, 3.63) is 29.8 Å². The van der Waals surface area contributed by atoms with E-state index in [-0.39, 0.29) is 11.9 Å². The number of benzene rings is 1. The van der Waals surface area contributed by atoms with Crippen LogP contribution < -0.4 is 16.0 Å². The summed E-state index contributed by atoms with van der Waals surface area (Å²) in [4.78, 5) is 29.2. The van der Waals surface area contributed by atoms with Gasteiger partial charge >= 0.3 is 6.03 Å². The standard InChI is InChI=1S/C19H27N5O2/c25-18(24-9-6-17(13-24)23-10-7-20-8-11-23)14-2-1-3-16(12-14)22-19(26)21-15-4-5-15/h1-3,12,15,17,20H,4-11,13H2,(H2,21,22,26). The maximum atomic E-state index is 12.9. The van der Waals surface area contributed by atoms with Crippen molar-refractivity contribution in [1.29, 1.82) is 0 Å². The summed E-state index contributed by atoms with van der Waals surface area (Å²) in [6, 6.07) is 7.81. The molecule has 140 valence electrons. The highest BCUT2D eigenvalue weighted by molar-refractivity contribution is 5.97. The van der Waals surface area contributed by atoms with Gasteiger partial charge in [0.05, 0.1) is 0 Å². The molecule has 1 atom stereocenters. The number of anilines is 1. The fraction of sp³-hybridized carbons (Fsp3) is 0.579. The summed E-state index contributed by atoms with van der Waals surface area (Å²) in [7, 11) is 0. The zero-order valence-corrected chi connectivity index (χ0v) is 15.0. The van der Waals surface area contributed by atoms with Gasteiger partial charge in [-0.2, -0.15) is 0 Å². The van der Waals surface area contributed by atoms with Crippen LogP contribution in [0.1, 0.15) is 29.6 Å². The van der Waals surface area contributed by atoms with Gasteiger partial charge < -0.3 is 20.9 Å². The largest absolute Gasteiger partial charge is 0.337 e. The Balaban J connectivity index is 1.35. The van der Waals surface area contributed by atoms with Crippen molar-refractivity contribution in [3.63, 3.8) is 0 Å². The lowest BCUT2D eigenvalue weighted by Gasteiger charge is -2.32. The summed E-state index contributed by atoms with van der Waals surface area (Å²) >= 11 is 0. The maximum absolute atomic E-state index is 12.9. The molecule has 3 aliphatic rings. The Morgan fingerprint density at radius 1 is 1.08 bits per heavy atom. The zero-order chi connectivity index (χ0) is 17.9. The monoisotopic (exact) mass is 357 g/mol. The second kappa shape index (κ2) is 7.63. The maximum Gasteiger partial charge on any atom is 0.319 e. The Hall–Kier alpha value is -2.12. The minimum Gasteiger partial charge on any atom is -0.337 e. The summed E-state index contributed by atoms with van der Waals surface area (Å²) in [5, 5.41) is 9.09. The molecule has 3 amide bonds. The molecule has 2 heterocycles. The molecule has 1 aromatic carbocycles. The van der Waals surface area contributed by atoms with Crippen LogP contribution in [0, 0.1) is 0 Å². The Labute approximate surface area is 154 Å². The molecule has 0 spiro atoms. The van der Waals surface area contributed by atoms with E-state index in [0.29, 0.717) is 23.3 Å². The molecule has 1 aromatic rings. The van der Waals surface area contributed by atoms with Gasteiger partial charge in [0, 0.05) is 62.6 Å². The van der Waals surface area contributed by atoms with E-state index in [2.05, 4.69) is 20.9 Å². The molecule has 26 heavy (non-hydrogen) atoms. The first kappa shape index (κ1) is 17.3. The molecule has 3 fully saturated rings. The van der Waals surface area contributed by atoms with E-state index in [1.807, 2.05) is 23.1 Å². The number of amides is 3. The fourth-order valence-corrected chi connectivity index (χ4v) is 3.76. The number of rotatable bonds is 4. The Bertz CT molecular complexity index is 670. The second-order valence-electron chi connectivity index (χ2n) is 7.43. The van der Waals surface area contributed by atoms with Gasteiger partial charge in [-0.25, -0.2) is 4.79 Å². The van der Waals surface area contributed by atoms with Gasteiger partial charge in [0.2, 0.25) is 0 Å². The summed E-state index contributed by atoms with van der Waals surface area (Å²) in [6.45, 7) is 5.76. The molecule has 0 radical (unpaired) electrons. The zero-order valence-electron chi connectivity index (χ0n) is 15.0. The van der Waals surface area contributed by atoms with Gasteiger partial charge in [-0.1, -0.05) is 6.07 Å². The van der Waals surface area contributed by atoms with Crippen molar-refractivity contribution in [1.82, 2.24) is 20.4 Å². The first-order chi connectivity index (χ1) is 12.7. The first-order valence-electron chi connectivity index (χ1n) is 9.61. The van der Waals surface area contributed by atoms with Crippen LogP contribution in [0.25, 0.3) is 0 Å². The Kier molecular flexibility index (Phi) is 5.08. The number of hydrogen-bond acceptors (Lipinski definition) is 4. The van der Waals surface area contributed by atoms with E-state index in [9.17, 15) is 9.59 Å². The molecule has 7 heteroatoms. The van der Waals surface area contributed by atoms with Gasteiger partial charge in [0.25, 0.3) is 5.91 Å². The summed E-state index contributed by atoms with van der Waals surface area (Å²) in [5.74, 6) is 0.0499. The van der Waals surface area contributed by atoms with Crippen molar-refractivity contribution in [2.45, 2.75) is 31.3 Å². The molecular formula is C19H27N5O2. The third kappa shape index (κ3) is 4.16. The number of likely N-dealkylation sites (tertiary alicyclic amines) is 1. The molecule has 4 rings (SSSR count). The van der Waals surface area contributed by atoms with Crippen LogP contribution in [-0.4, -0.2) is 73.1 Å². The van der Waals surface area contributed by atoms with E-state index in [4.69, 9.17) is 0 Å². The number of nitrogens with zero attached hydrogens (tertiary/aromatic N) is 2. The smallest absolute Gasteiger partial charge is 0.319 e. The number of hydrogen-bond donors (Lipinski definition) is 3. The highest BCUT2D eigenvalue weighted by Crippen LogP contribution is 2.21. The van der Waals surface area contributed by atoms with Crippen molar-refractivity contribution in [3.8, 4) is 0 Å². The van der Waals surface area contributed by atoms with Gasteiger partial charge in [-0.3, -0.25) is 9.69 Å². The Morgan fingerprint density at radius 3 is 2.65 bits per heavy atom. The van der Waals surface area contributed by atoms with Gasteiger partial charge in [0.1, 0.15) is 0 Å². The van der Waals surface area contributed by atoms with Gasteiger partial charge in [-0.15, -0.1) is 0 Å². The van der Waals surface area contributed by atoms with E-state index >= 15 is 0 Å². The lowest BCUT2D eigenvalue weighted by Crippen LogP contribution is -2.49. The molecule has 3 N–H and O–H groups in total. The molecule has 2 aliphatic heterocycles. The predicted octanol–water partition coefficient (Wildman–Crippen LogP) is 1.09. The summed E-state index contributed by atoms with van der Waals surface area (Å²) < 4.78 is 0. The molecular weight excluding hydrogens is 330 g/mol. The van der Waals surface area contributed by atoms with E-state index in [0.717, 1.165) is 58.5 Å². The molecule has 1 saturated carbocycles. The van der Waals surface area contributed by atoms with E-state index in [1.54, 1.807) is 6.07 Å². The highest BCUT2D eigenvalue weighted by atomic mass is 16.2. The van der Waals surface area contributed by atoms with Crippen molar-refractivity contribution < 1.29 is 9.59 Å². The third-order valence-corrected chi connectivity index (χ3v) is 5.40. The van der Waals surface area contributed by atoms with Crippen molar-refractivity contribution in [2.75, 3.05) is 44.6 Å². The van der Waals surface area contributed by atoms with Crippen LogP contribution >= 0.6 is 0 Å². The lowest BCUT2D eigenvalue weighted by molar-refractivity contribution is 0.0773. The van der Waals surface area contributed by atoms with Gasteiger partial charge in [0.15, 0.2) is 0 Å². The number of nitrogens with one attached hydrogen (secondary N) is 3. The molecule has 0 bridgehead atoms. The van der Waals surface area contributed by atoms with Crippen LogP contribution in [-0.2, 0) is 0 Å². The van der Waals surface area contributed by atoms with Crippen LogP contribution in [0.4, 0.5) is 10.5 Å². The average Bonchev–Trinajstić information content (AvgIpc) is 3.33. The first-order valence-corrected chi connectivity index (χ1v) is 9.61. The average molecular weight is 357 g/mol. The summed E-state index contributed by atoms with van der Waals surface area (Å²) in [6.07, 6.45) is 3.14. The van der Waals surface area contributed by atoms with Crippen LogP contribution in [0.15, 0.2) is 24.3 Å². The minimum atomic E-state index is -0.197. The molecule has 1 unspecified atom stereocenters. The molecule has 2 saturated heterocycles. The minimum absolute atomic E-state index is 0.0499. The van der Waals surface area contributed by atoms with Crippen molar-refractivity contribution >= 4 is 17.6 Å². The van der Waals surface area contributed by atoms with Crippen LogP contribution in [0.3, 0.4) is 0 Å². The molecule has 7 nitrogen and oxygen atoms in total. The predicted molar refractivity (Wildman–Crippen MR) is 100 cm³/mol. The van der Waals surface area contributed by atoms with Gasteiger partial charge in [-0.05, 0) is 37.5 Å². The number of piperazine rings is 1. The lowest BCUT2D eigenvalue weighted by atomic mass is 10.1. The summed E-state index contributed by atoms with van der Waals surface area (Å²) in [5.41, 5.74) is 1.29. The second-order valence-corrected chi connectivity index (χ2v) is 7.43. The number of carbonyl (C=O) groups is 2. The van der Waals surface area contributed by atoms with E-state index < -0.39 is 0 Å². The van der Waals surface area contributed by atoms with E-state index in [1.165, 1.54) is 0 Å². The number of urea groups is 1. The highest BCUT2D eigenvalue weighted by Gasteiger charge is 2.31. The quantitative estimate of drug-likeness (QED) is 0.754. The fourth-order valence-electron chi connectivity index (χ4n) is 3.76. The molecule has 1 aliphatic carbocycles. The van der Waals surface area contributed by atoms with Crippen molar-refractivity contribution in [2.24, 2.45) is 0 Å². The topological polar surface area (TPSA) is 76.7 Å². The number of carbonyl (C=O) groups excluding carboxylic acids is 2.